The molecule has 0 atom stereocenters. The third kappa shape index (κ3) is 6.64. The molecule has 178 valence electrons. The van der Waals surface area contributed by atoms with E-state index in [4.69, 9.17) is 19.4 Å². The molecule has 6 heteroatoms. The second-order valence-electron chi connectivity index (χ2n) is 9.70. The lowest BCUT2D eigenvalue weighted by atomic mass is 9.93. The maximum absolute atomic E-state index is 11.9. The quantitative estimate of drug-likeness (QED) is 0.444. The molecule has 1 fully saturated rings. The van der Waals surface area contributed by atoms with E-state index in [1.54, 1.807) is 0 Å². The second kappa shape index (κ2) is 10.8. The largest absolute Gasteiger partial charge is 0.458 e. The van der Waals surface area contributed by atoms with Crippen LogP contribution in [0.2, 0.25) is 0 Å². The minimum atomic E-state index is -0.488. The zero-order chi connectivity index (χ0) is 24.0. The fourth-order valence-electron chi connectivity index (χ4n) is 4.20. The van der Waals surface area contributed by atoms with Crippen molar-refractivity contribution in [1.29, 1.82) is 0 Å². The third-order valence-electron chi connectivity index (χ3n) is 5.75. The predicted octanol–water partition coefficient (Wildman–Crippen LogP) is 5.89. The molecule has 0 saturated heterocycles. The van der Waals surface area contributed by atoms with Gasteiger partial charge in [-0.1, -0.05) is 60.7 Å². The molecule has 1 saturated carbocycles. The van der Waals surface area contributed by atoms with E-state index >= 15 is 0 Å². The van der Waals surface area contributed by atoms with E-state index in [1.807, 2.05) is 63.4 Å². The lowest BCUT2D eigenvalue weighted by molar-refractivity contribution is -0.162. The van der Waals surface area contributed by atoms with Crippen LogP contribution in [-0.4, -0.2) is 40.3 Å². The lowest BCUT2D eigenvalue weighted by Gasteiger charge is -2.29. The Bertz CT molecular complexity index is 1070. The van der Waals surface area contributed by atoms with E-state index in [-0.39, 0.29) is 18.7 Å². The van der Waals surface area contributed by atoms with Crippen LogP contribution in [0.25, 0.3) is 22.5 Å². The highest BCUT2D eigenvalue weighted by Crippen LogP contribution is 2.31. The van der Waals surface area contributed by atoms with Crippen molar-refractivity contribution in [2.45, 2.75) is 64.2 Å². The number of nitrogens with zero attached hydrogens (tertiary/aromatic N) is 2. The Morgan fingerprint density at radius 1 is 0.912 bits per heavy atom. The van der Waals surface area contributed by atoms with Crippen LogP contribution in [0.4, 0.5) is 5.82 Å². The second-order valence-corrected chi connectivity index (χ2v) is 9.70. The Kier molecular flexibility index (Phi) is 7.58. The monoisotopic (exact) mass is 459 g/mol. The molecule has 1 aliphatic carbocycles. The number of carbonyl (C=O) groups excluding carboxylic acids is 1. The predicted molar refractivity (Wildman–Crippen MR) is 134 cm³/mol. The number of benzene rings is 2. The Hall–Kier alpha value is -3.25. The van der Waals surface area contributed by atoms with Gasteiger partial charge >= 0.3 is 5.97 Å². The van der Waals surface area contributed by atoms with Crippen molar-refractivity contribution in [3.05, 3.63) is 66.9 Å². The molecular weight excluding hydrogens is 426 g/mol. The van der Waals surface area contributed by atoms with Crippen molar-refractivity contribution in [3.8, 4) is 22.5 Å². The van der Waals surface area contributed by atoms with Crippen molar-refractivity contribution in [3.63, 3.8) is 0 Å². The van der Waals surface area contributed by atoms with Crippen LogP contribution in [0.3, 0.4) is 0 Å². The molecule has 4 rings (SSSR count). The highest BCUT2D eigenvalue weighted by atomic mass is 16.6. The van der Waals surface area contributed by atoms with E-state index in [0.717, 1.165) is 54.0 Å². The minimum absolute atomic E-state index is 0.00684. The number of anilines is 1. The van der Waals surface area contributed by atoms with Crippen molar-refractivity contribution >= 4 is 11.8 Å². The maximum Gasteiger partial charge on any atom is 0.332 e. The SMILES string of the molecule is CC(C)(C)OC(=O)COC1CCC(Nc2cnc(-c3ccccc3)c(-c3ccccc3)n2)CC1. The Balaban J connectivity index is 1.39. The normalized spacial score (nSPS) is 18.3. The molecule has 3 aromatic rings. The van der Waals surface area contributed by atoms with Gasteiger partial charge in [-0.2, -0.15) is 0 Å². The summed E-state index contributed by atoms with van der Waals surface area (Å²) in [7, 11) is 0. The number of rotatable bonds is 7. The van der Waals surface area contributed by atoms with Crippen LogP contribution in [0.15, 0.2) is 66.9 Å². The van der Waals surface area contributed by atoms with Crippen LogP contribution in [0.5, 0.6) is 0 Å². The zero-order valence-corrected chi connectivity index (χ0v) is 20.2. The van der Waals surface area contributed by atoms with Crippen LogP contribution in [-0.2, 0) is 14.3 Å². The van der Waals surface area contributed by atoms with Crippen LogP contribution in [0, 0.1) is 0 Å². The van der Waals surface area contributed by atoms with Crippen molar-refractivity contribution in [2.24, 2.45) is 0 Å². The smallest absolute Gasteiger partial charge is 0.332 e. The summed E-state index contributed by atoms with van der Waals surface area (Å²) in [4.78, 5) is 21.7. The van der Waals surface area contributed by atoms with E-state index in [1.165, 1.54) is 0 Å². The summed E-state index contributed by atoms with van der Waals surface area (Å²) >= 11 is 0. The molecule has 1 N–H and O–H groups in total. The van der Waals surface area contributed by atoms with Gasteiger partial charge in [-0.25, -0.2) is 9.78 Å². The summed E-state index contributed by atoms with van der Waals surface area (Å²) in [5.41, 5.74) is 3.33. The molecule has 1 aliphatic rings. The van der Waals surface area contributed by atoms with Gasteiger partial charge in [0.05, 0.1) is 23.7 Å². The first-order chi connectivity index (χ1) is 16.4. The first kappa shape index (κ1) is 23.9. The number of ether oxygens (including phenoxy) is 2. The molecule has 34 heavy (non-hydrogen) atoms. The van der Waals surface area contributed by atoms with Crippen molar-refractivity contribution in [2.75, 3.05) is 11.9 Å². The summed E-state index contributed by atoms with van der Waals surface area (Å²) in [5, 5.41) is 3.57. The van der Waals surface area contributed by atoms with E-state index in [9.17, 15) is 4.79 Å². The number of esters is 1. The average Bonchev–Trinajstić information content (AvgIpc) is 2.84. The highest BCUT2D eigenvalue weighted by molar-refractivity contribution is 5.78. The zero-order valence-electron chi connectivity index (χ0n) is 20.2. The van der Waals surface area contributed by atoms with Gasteiger partial charge in [0.1, 0.15) is 18.0 Å². The number of nitrogens with one attached hydrogen (secondary N) is 1. The Labute approximate surface area is 201 Å². The van der Waals surface area contributed by atoms with Gasteiger partial charge in [0, 0.05) is 17.2 Å². The fourth-order valence-corrected chi connectivity index (χ4v) is 4.20. The molecular formula is C28H33N3O3. The van der Waals surface area contributed by atoms with E-state index in [2.05, 4.69) is 29.6 Å². The molecule has 0 spiro atoms. The number of hydrogen-bond donors (Lipinski definition) is 1. The van der Waals surface area contributed by atoms with Crippen LogP contribution in [0.1, 0.15) is 46.5 Å². The van der Waals surface area contributed by atoms with Gasteiger partial charge in [-0.15, -0.1) is 0 Å². The molecule has 0 aliphatic heterocycles. The molecule has 0 bridgehead atoms. The van der Waals surface area contributed by atoms with Crippen LogP contribution >= 0.6 is 0 Å². The molecule has 2 aromatic carbocycles. The topological polar surface area (TPSA) is 73.3 Å². The minimum Gasteiger partial charge on any atom is -0.458 e. The number of hydrogen-bond acceptors (Lipinski definition) is 6. The molecule has 0 unspecified atom stereocenters. The molecule has 1 heterocycles. The van der Waals surface area contributed by atoms with Gasteiger partial charge in [0.15, 0.2) is 0 Å². The van der Waals surface area contributed by atoms with Gasteiger partial charge < -0.3 is 14.8 Å². The summed E-state index contributed by atoms with van der Waals surface area (Å²) in [6, 6.07) is 20.6. The van der Waals surface area contributed by atoms with Crippen LogP contribution < -0.4 is 5.32 Å². The number of aromatic nitrogens is 2. The Morgan fingerprint density at radius 2 is 1.50 bits per heavy atom. The van der Waals surface area contributed by atoms with Crippen molar-refractivity contribution < 1.29 is 14.3 Å². The third-order valence-corrected chi connectivity index (χ3v) is 5.75. The van der Waals surface area contributed by atoms with Gasteiger partial charge in [0.25, 0.3) is 0 Å². The summed E-state index contributed by atoms with van der Waals surface area (Å²) in [6.45, 7) is 5.59. The van der Waals surface area contributed by atoms with Gasteiger partial charge in [-0.05, 0) is 46.5 Å². The summed E-state index contributed by atoms with van der Waals surface area (Å²) in [5.74, 6) is 0.464. The molecule has 0 amide bonds. The molecule has 6 nitrogen and oxygen atoms in total. The summed E-state index contributed by atoms with van der Waals surface area (Å²) < 4.78 is 11.1. The van der Waals surface area contributed by atoms with Crippen molar-refractivity contribution in [1.82, 2.24) is 9.97 Å². The molecule has 1 aromatic heterocycles. The van der Waals surface area contributed by atoms with Gasteiger partial charge in [-0.3, -0.25) is 4.98 Å². The lowest BCUT2D eigenvalue weighted by Crippen LogP contribution is -2.32. The first-order valence-electron chi connectivity index (χ1n) is 12.0. The maximum atomic E-state index is 11.9. The highest BCUT2D eigenvalue weighted by Gasteiger charge is 2.24. The number of carbonyl (C=O) groups is 1. The average molecular weight is 460 g/mol. The standard InChI is InChI=1S/C28H33N3O3/c1-28(2,3)34-25(32)19-33-23-16-14-22(15-17-23)30-24-18-29-26(20-10-6-4-7-11-20)27(31-24)21-12-8-5-9-13-21/h4-13,18,22-23H,14-17,19H2,1-3H3,(H,30,31). The van der Waals surface area contributed by atoms with Gasteiger partial charge in [0.2, 0.25) is 0 Å². The Morgan fingerprint density at radius 3 is 2.09 bits per heavy atom. The van der Waals surface area contributed by atoms with E-state index in [0.29, 0.717) is 6.04 Å². The van der Waals surface area contributed by atoms with E-state index < -0.39 is 5.60 Å². The summed E-state index contributed by atoms with van der Waals surface area (Å²) in [6.07, 6.45) is 5.57. The first-order valence-corrected chi connectivity index (χ1v) is 12.0. The fraction of sp³-hybridized carbons (Fsp3) is 0.393. The molecule has 0 radical (unpaired) electrons.